The molecular formula is C6H13BSi. The molecule has 0 bridgehead atoms. The molecule has 0 aliphatic rings. The van der Waals surface area contributed by atoms with Crippen molar-refractivity contribution >= 4 is 15.9 Å². The number of rotatable bonds is 2. The number of allylic oxidation sites excluding steroid dienone is 1. The lowest BCUT2D eigenvalue weighted by Gasteiger charge is -2.17. The van der Waals surface area contributed by atoms with Crippen molar-refractivity contribution in [2.24, 2.45) is 0 Å². The quantitative estimate of drug-likeness (QED) is 0.494. The largest absolute Gasteiger partial charge is 0.104 e. The topological polar surface area (TPSA) is 0 Å². The van der Waals surface area contributed by atoms with Crippen LogP contribution in [-0.4, -0.2) is 15.9 Å². The highest BCUT2D eigenvalue weighted by molar-refractivity contribution is 6.83. The first kappa shape index (κ1) is 8.02. The van der Waals surface area contributed by atoms with E-state index in [2.05, 4.69) is 26.2 Å². The summed E-state index contributed by atoms with van der Waals surface area (Å²) < 4.78 is 0. The molecule has 2 radical (unpaired) electrons. The Bertz CT molecular complexity index is 91.2. The summed E-state index contributed by atoms with van der Waals surface area (Å²) in [6, 6.07) is 0. The molecule has 44 valence electrons. The Kier molecular flexibility index (Phi) is 2.54. The number of hydrogen-bond donors (Lipinski definition) is 0. The van der Waals surface area contributed by atoms with E-state index in [9.17, 15) is 0 Å². The van der Waals surface area contributed by atoms with Gasteiger partial charge in [-0.05, 0) is 0 Å². The van der Waals surface area contributed by atoms with Crippen molar-refractivity contribution in [1.82, 2.24) is 0 Å². The first-order valence-corrected chi connectivity index (χ1v) is 6.37. The van der Waals surface area contributed by atoms with Crippen LogP contribution in [0, 0.1) is 0 Å². The summed E-state index contributed by atoms with van der Waals surface area (Å²) in [6.45, 7) is 10.6. The Labute approximate surface area is 54.4 Å². The predicted octanol–water partition coefficient (Wildman–Crippen LogP) is 2.01. The molecule has 0 aliphatic heterocycles. The molecule has 2 heteroatoms. The fourth-order valence-electron chi connectivity index (χ4n) is 0.306. The van der Waals surface area contributed by atoms with Gasteiger partial charge in [-0.15, -0.1) is 6.58 Å². The predicted molar refractivity (Wildman–Crippen MR) is 43.0 cm³/mol. The average molecular weight is 124 g/mol. The van der Waals surface area contributed by atoms with E-state index >= 15 is 0 Å². The van der Waals surface area contributed by atoms with Crippen LogP contribution in [0.25, 0.3) is 0 Å². The van der Waals surface area contributed by atoms with Crippen LogP contribution < -0.4 is 0 Å². The lowest BCUT2D eigenvalue weighted by Crippen LogP contribution is -2.22. The standard InChI is InChI=1S/C6H13BSi/c1-6(5-7)8(2,3)4/h1,5H2,2-4H3. The lowest BCUT2D eigenvalue weighted by atomic mass is 10.1. The molecule has 0 rings (SSSR count). The minimum Gasteiger partial charge on any atom is -0.104 e. The van der Waals surface area contributed by atoms with Crippen molar-refractivity contribution < 1.29 is 0 Å². The Morgan fingerprint density at radius 2 is 1.88 bits per heavy atom. The zero-order chi connectivity index (χ0) is 6.78. The molecule has 0 fully saturated rings. The second kappa shape index (κ2) is 2.54. The summed E-state index contributed by atoms with van der Waals surface area (Å²) in [6.07, 6.45) is 0.662. The van der Waals surface area contributed by atoms with E-state index < -0.39 is 8.07 Å². The Balaban J connectivity index is 3.82. The summed E-state index contributed by atoms with van der Waals surface area (Å²) in [5.41, 5.74) is 0. The highest BCUT2D eigenvalue weighted by atomic mass is 28.3. The average Bonchev–Trinajstić information content (AvgIpc) is 1.62. The summed E-state index contributed by atoms with van der Waals surface area (Å²) in [4.78, 5) is 0. The third kappa shape index (κ3) is 2.36. The zero-order valence-corrected chi connectivity index (χ0v) is 6.99. The van der Waals surface area contributed by atoms with E-state index in [0.29, 0.717) is 6.32 Å². The molecule has 0 nitrogen and oxygen atoms in total. The molecular weight excluding hydrogens is 111 g/mol. The molecule has 0 unspecified atom stereocenters. The molecule has 0 heterocycles. The molecule has 0 spiro atoms. The van der Waals surface area contributed by atoms with Crippen LogP contribution in [0.3, 0.4) is 0 Å². The van der Waals surface area contributed by atoms with Crippen molar-refractivity contribution in [3.63, 3.8) is 0 Å². The van der Waals surface area contributed by atoms with E-state index in [1.54, 1.807) is 0 Å². The second-order valence-corrected chi connectivity index (χ2v) is 8.26. The highest BCUT2D eigenvalue weighted by Crippen LogP contribution is 2.13. The molecule has 0 aliphatic carbocycles. The highest BCUT2D eigenvalue weighted by Gasteiger charge is 2.14. The van der Waals surface area contributed by atoms with Crippen molar-refractivity contribution in [3.8, 4) is 0 Å². The normalized spacial score (nSPS) is 11.4. The summed E-state index contributed by atoms with van der Waals surface area (Å²) in [7, 11) is 4.31. The van der Waals surface area contributed by atoms with E-state index in [1.807, 2.05) is 0 Å². The van der Waals surface area contributed by atoms with Gasteiger partial charge < -0.3 is 0 Å². The zero-order valence-electron chi connectivity index (χ0n) is 5.99. The first-order valence-electron chi connectivity index (χ1n) is 2.87. The van der Waals surface area contributed by atoms with Crippen LogP contribution >= 0.6 is 0 Å². The summed E-state index contributed by atoms with van der Waals surface area (Å²) in [5, 5.41) is 1.25. The van der Waals surface area contributed by atoms with E-state index in [0.717, 1.165) is 0 Å². The van der Waals surface area contributed by atoms with Gasteiger partial charge >= 0.3 is 0 Å². The van der Waals surface area contributed by atoms with Crippen molar-refractivity contribution in [1.29, 1.82) is 0 Å². The van der Waals surface area contributed by atoms with Gasteiger partial charge in [0.2, 0.25) is 0 Å². The van der Waals surface area contributed by atoms with Gasteiger partial charge in [0.15, 0.2) is 0 Å². The number of hydrogen-bond acceptors (Lipinski definition) is 0. The smallest absolute Gasteiger partial charge is 0.0706 e. The molecule has 0 saturated heterocycles. The van der Waals surface area contributed by atoms with Gasteiger partial charge in [0.25, 0.3) is 0 Å². The first-order chi connectivity index (χ1) is 3.48. The van der Waals surface area contributed by atoms with Crippen molar-refractivity contribution in [3.05, 3.63) is 11.8 Å². The van der Waals surface area contributed by atoms with Gasteiger partial charge in [-0.3, -0.25) is 0 Å². The Morgan fingerprint density at radius 1 is 1.50 bits per heavy atom. The fourth-order valence-corrected chi connectivity index (χ4v) is 0.919. The van der Waals surface area contributed by atoms with Gasteiger partial charge in [-0.2, -0.15) is 0 Å². The van der Waals surface area contributed by atoms with Crippen LogP contribution in [0.2, 0.25) is 26.0 Å². The van der Waals surface area contributed by atoms with Gasteiger partial charge in [0.05, 0.1) is 15.9 Å². The summed E-state index contributed by atoms with van der Waals surface area (Å²) >= 11 is 0. The van der Waals surface area contributed by atoms with Crippen LogP contribution in [0.1, 0.15) is 0 Å². The van der Waals surface area contributed by atoms with Gasteiger partial charge in [-0.1, -0.05) is 31.2 Å². The van der Waals surface area contributed by atoms with Gasteiger partial charge in [-0.25, -0.2) is 0 Å². The van der Waals surface area contributed by atoms with Crippen LogP contribution in [0.15, 0.2) is 11.8 Å². The van der Waals surface area contributed by atoms with E-state index in [1.165, 1.54) is 5.20 Å². The fraction of sp³-hybridized carbons (Fsp3) is 0.667. The van der Waals surface area contributed by atoms with Crippen molar-refractivity contribution in [2.45, 2.75) is 26.0 Å². The summed E-state index contributed by atoms with van der Waals surface area (Å²) in [5.74, 6) is 0. The molecule has 0 saturated carbocycles. The van der Waals surface area contributed by atoms with E-state index in [4.69, 9.17) is 7.85 Å². The maximum atomic E-state index is 5.39. The second-order valence-electron chi connectivity index (χ2n) is 3.06. The Morgan fingerprint density at radius 3 is 1.88 bits per heavy atom. The van der Waals surface area contributed by atoms with Crippen LogP contribution in [0.4, 0.5) is 0 Å². The molecule has 0 aromatic heterocycles. The molecule has 8 heavy (non-hydrogen) atoms. The molecule has 0 amide bonds. The van der Waals surface area contributed by atoms with E-state index in [-0.39, 0.29) is 0 Å². The van der Waals surface area contributed by atoms with Crippen molar-refractivity contribution in [2.75, 3.05) is 0 Å². The monoisotopic (exact) mass is 124 g/mol. The molecule has 0 aromatic carbocycles. The minimum atomic E-state index is -1.08. The maximum Gasteiger partial charge on any atom is 0.0706 e. The third-order valence-electron chi connectivity index (χ3n) is 1.31. The molecule has 0 N–H and O–H groups in total. The van der Waals surface area contributed by atoms with Crippen LogP contribution in [0.5, 0.6) is 0 Å². The minimum absolute atomic E-state index is 0.662. The Hall–Kier alpha value is 0.0218. The van der Waals surface area contributed by atoms with Crippen LogP contribution in [-0.2, 0) is 0 Å². The SMILES string of the molecule is [B]CC(=C)[Si](C)(C)C. The lowest BCUT2D eigenvalue weighted by molar-refractivity contribution is 1.54. The molecule has 0 atom stereocenters. The molecule has 0 aromatic rings. The third-order valence-corrected chi connectivity index (χ3v) is 3.63. The maximum absolute atomic E-state index is 5.39. The van der Waals surface area contributed by atoms with Gasteiger partial charge in [0, 0.05) is 0 Å². The van der Waals surface area contributed by atoms with Gasteiger partial charge in [0.1, 0.15) is 0 Å².